The van der Waals surface area contributed by atoms with Crippen LogP contribution in [0.2, 0.25) is 0 Å². The highest BCUT2D eigenvalue weighted by Gasteiger charge is 2.32. The molecule has 3 aromatic rings. The summed E-state index contributed by atoms with van der Waals surface area (Å²) in [4.78, 5) is 18.0. The van der Waals surface area contributed by atoms with E-state index < -0.39 is 15.9 Å². The molecule has 0 N–H and O–H groups in total. The zero-order valence-corrected chi connectivity index (χ0v) is 20.5. The number of aryl methyl sites for hydroxylation is 1. The molecule has 1 aliphatic rings. The Hall–Kier alpha value is -2.59. The van der Waals surface area contributed by atoms with Crippen molar-refractivity contribution in [1.82, 2.24) is 8.87 Å². The van der Waals surface area contributed by atoms with Gasteiger partial charge in [-0.05, 0) is 62.7 Å². The van der Waals surface area contributed by atoms with Crippen molar-refractivity contribution >= 4 is 37.5 Å². The molecule has 1 amide bonds. The molecule has 1 aliphatic heterocycles. The predicted molar refractivity (Wildman–Crippen MR) is 130 cm³/mol. The lowest BCUT2D eigenvalue weighted by atomic mass is 10.2. The van der Waals surface area contributed by atoms with Gasteiger partial charge in [-0.1, -0.05) is 23.5 Å². The van der Waals surface area contributed by atoms with E-state index in [0.717, 1.165) is 15.8 Å². The molecule has 2 atom stereocenters. The van der Waals surface area contributed by atoms with Crippen LogP contribution in [0.3, 0.4) is 0 Å². The summed E-state index contributed by atoms with van der Waals surface area (Å²) in [6.07, 6.45) is 1.42. The number of hydrogen-bond donors (Lipinski definition) is 0. The molecule has 174 valence electrons. The molecule has 2 unspecified atom stereocenters. The highest BCUT2D eigenvalue weighted by molar-refractivity contribution is 7.89. The van der Waals surface area contributed by atoms with Gasteiger partial charge in [-0.25, -0.2) is 8.42 Å². The van der Waals surface area contributed by atoms with Gasteiger partial charge in [0, 0.05) is 25.2 Å². The number of hydrogen-bond acceptors (Lipinski definition) is 5. The van der Waals surface area contributed by atoms with Crippen LogP contribution in [0.4, 0.5) is 0 Å². The number of sulfonamides is 1. The fourth-order valence-corrected chi connectivity index (χ4v) is 6.69. The lowest BCUT2D eigenvalue weighted by Gasteiger charge is -2.34. The van der Waals surface area contributed by atoms with Crippen LogP contribution in [0, 0.1) is 6.92 Å². The van der Waals surface area contributed by atoms with E-state index in [2.05, 4.69) is 17.6 Å². The number of carbonyl (C=O) groups excluding carboxylic acids is 1. The first-order valence-corrected chi connectivity index (χ1v) is 13.0. The largest absolute Gasteiger partial charge is 0.373 e. The summed E-state index contributed by atoms with van der Waals surface area (Å²) in [5.41, 5.74) is 2.46. The summed E-state index contributed by atoms with van der Waals surface area (Å²) in [6.45, 7) is 10.7. The smallest absolute Gasteiger partial charge is 0.279 e. The first kappa shape index (κ1) is 23.6. The number of nitrogens with zero attached hydrogens (tertiary/aromatic N) is 3. The lowest BCUT2D eigenvalue weighted by molar-refractivity contribution is -0.0440. The number of ether oxygens (including phenoxy) is 1. The van der Waals surface area contributed by atoms with Crippen molar-refractivity contribution in [2.45, 2.75) is 44.4 Å². The Morgan fingerprint density at radius 1 is 1.18 bits per heavy atom. The van der Waals surface area contributed by atoms with Gasteiger partial charge in [-0.2, -0.15) is 9.30 Å². The Morgan fingerprint density at radius 3 is 2.48 bits per heavy atom. The third-order valence-electron chi connectivity index (χ3n) is 5.47. The normalized spacial score (nSPS) is 20.3. The van der Waals surface area contributed by atoms with E-state index in [-0.39, 0.29) is 17.1 Å². The maximum Gasteiger partial charge on any atom is 0.279 e. The Labute approximate surface area is 197 Å². The second-order valence-electron chi connectivity index (χ2n) is 8.28. The van der Waals surface area contributed by atoms with Crippen LogP contribution < -0.4 is 4.80 Å². The van der Waals surface area contributed by atoms with E-state index in [1.54, 1.807) is 6.08 Å². The van der Waals surface area contributed by atoms with Crippen LogP contribution >= 0.6 is 11.3 Å². The van der Waals surface area contributed by atoms with Crippen molar-refractivity contribution in [2.24, 2.45) is 4.99 Å². The second-order valence-corrected chi connectivity index (χ2v) is 11.2. The summed E-state index contributed by atoms with van der Waals surface area (Å²) >= 11 is 1.44. The van der Waals surface area contributed by atoms with E-state index in [1.807, 2.05) is 37.5 Å². The van der Waals surface area contributed by atoms with Crippen LogP contribution in [0.15, 0.2) is 65.0 Å². The highest BCUT2D eigenvalue weighted by atomic mass is 32.2. The molecule has 33 heavy (non-hydrogen) atoms. The van der Waals surface area contributed by atoms with Gasteiger partial charge in [0.25, 0.3) is 5.91 Å². The summed E-state index contributed by atoms with van der Waals surface area (Å²) in [6, 6.07) is 12.1. The Morgan fingerprint density at radius 2 is 1.85 bits per heavy atom. The number of fused-ring (bicyclic) bond motifs is 1. The molecular weight excluding hydrogens is 458 g/mol. The van der Waals surface area contributed by atoms with Crippen molar-refractivity contribution in [2.75, 3.05) is 13.1 Å². The number of rotatable bonds is 5. The summed E-state index contributed by atoms with van der Waals surface area (Å²) in [5, 5.41) is 0. The zero-order chi connectivity index (χ0) is 23.8. The number of aromatic nitrogens is 1. The first-order chi connectivity index (χ1) is 15.7. The fraction of sp³-hybridized carbons (Fsp3) is 0.333. The minimum Gasteiger partial charge on any atom is -0.373 e. The first-order valence-electron chi connectivity index (χ1n) is 10.7. The van der Waals surface area contributed by atoms with Gasteiger partial charge < -0.3 is 9.30 Å². The van der Waals surface area contributed by atoms with Crippen LogP contribution in [0.25, 0.3) is 10.2 Å². The Balaban J connectivity index is 1.64. The molecule has 7 nitrogen and oxygen atoms in total. The molecule has 9 heteroatoms. The van der Waals surface area contributed by atoms with Crippen LogP contribution in [0.1, 0.15) is 29.8 Å². The zero-order valence-electron chi connectivity index (χ0n) is 18.9. The van der Waals surface area contributed by atoms with Crippen LogP contribution in [-0.4, -0.2) is 48.5 Å². The molecule has 0 spiro atoms. The second kappa shape index (κ2) is 9.34. The number of allylic oxidation sites excluding steroid dienone is 1. The average molecular weight is 486 g/mol. The monoisotopic (exact) mass is 485 g/mol. The molecule has 1 fully saturated rings. The fourth-order valence-electron chi connectivity index (χ4n) is 3.97. The molecule has 4 rings (SSSR count). The van der Waals surface area contributed by atoms with E-state index >= 15 is 0 Å². The number of benzene rings is 2. The van der Waals surface area contributed by atoms with Crippen molar-refractivity contribution in [3.63, 3.8) is 0 Å². The van der Waals surface area contributed by atoms with Crippen molar-refractivity contribution < 1.29 is 17.9 Å². The molecule has 0 radical (unpaired) electrons. The van der Waals surface area contributed by atoms with Gasteiger partial charge in [0.2, 0.25) is 10.0 Å². The van der Waals surface area contributed by atoms with Gasteiger partial charge in [-0.3, -0.25) is 4.79 Å². The topological polar surface area (TPSA) is 81.0 Å². The molecule has 0 aliphatic carbocycles. The third-order valence-corrected chi connectivity index (χ3v) is 8.36. The third kappa shape index (κ3) is 4.86. The minimum atomic E-state index is -3.67. The van der Waals surface area contributed by atoms with E-state index in [0.29, 0.717) is 30.0 Å². The molecule has 2 heterocycles. The van der Waals surface area contributed by atoms with Crippen molar-refractivity contribution in [3.05, 3.63) is 71.0 Å². The highest BCUT2D eigenvalue weighted by Crippen LogP contribution is 2.22. The van der Waals surface area contributed by atoms with Crippen LogP contribution in [0.5, 0.6) is 0 Å². The van der Waals surface area contributed by atoms with Gasteiger partial charge in [0.1, 0.15) is 0 Å². The van der Waals surface area contributed by atoms with E-state index in [4.69, 9.17) is 4.74 Å². The summed E-state index contributed by atoms with van der Waals surface area (Å²) < 4.78 is 36.2. The van der Waals surface area contributed by atoms with Crippen molar-refractivity contribution in [3.8, 4) is 0 Å². The molecule has 2 aromatic carbocycles. The number of carbonyl (C=O) groups is 1. The van der Waals surface area contributed by atoms with Gasteiger partial charge >= 0.3 is 0 Å². The maximum atomic E-state index is 13.0. The average Bonchev–Trinajstić information content (AvgIpc) is 3.09. The van der Waals surface area contributed by atoms with Crippen LogP contribution in [-0.2, 0) is 21.3 Å². The summed E-state index contributed by atoms with van der Waals surface area (Å²) in [7, 11) is -3.67. The van der Waals surface area contributed by atoms with Gasteiger partial charge in [0.15, 0.2) is 4.80 Å². The van der Waals surface area contributed by atoms with Crippen molar-refractivity contribution in [1.29, 1.82) is 0 Å². The molecular formula is C24H27N3O4S2. The quantitative estimate of drug-likeness (QED) is 0.516. The molecule has 1 aromatic heterocycles. The molecule has 1 saturated heterocycles. The summed E-state index contributed by atoms with van der Waals surface area (Å²) in [5.74, 6) is -0.423. The number of amides is 1. The SMILES string of the molecule is C=CCn1c(=NC(=O)c2ccc(S(=O)(=O)N3CC(C)OC(C)C3)cc2)sc2cc(C)ccc21. The van der Waals surface area contributed by atoms with Gasteiger partial charge in [-0.15, -0.1) is 6.58 Å². The number of morpholine rings is 1. The molecule has 0 bridgehead atoms. The Bertz CT molecular complexity index is 1360. The minimum absolute atomic E-state index is 0.152. The molecule has 0 saturated carbocycles. The standard InChI is InChI=1S/C24H27N3O4S2/c1-5-12-27-21-11-6-16(2)13-22(21)32-24(27)25-23(28)19-7-9-20(10-8-19)33(29,30)26-14-17(3)31-18(4)15-26/h5-11,13,17-18H,1,12,14-15H2,2-4H3. The van der Waals surface area contributed by atoms with Gasteiger partial charge in [0.05, 0.1) is 27.3 Å². The Kier molecular flexibility index (Phi) is 6.67. The maximum absolute atomic E-state index is 13.0. The van der Waals surface area contributed by atoms with E-state index in [1.165, 1.54) is 39.9 Å². The van der Waals surface area contributed by atoms with E-state index in [9.17, 15) is 13.2 Å². The lowest BCUT2D eigenvalue weighted by Crippen LogP contribution is -2.48. The predicted octanol–water partition coefficient (Wildman–Crippen LogP) is 3.74. The number of thiazole rings is 1.